The number of ether oxygens (including phenoxy) is 3. The Morgan fingerprint density at radius 3 is 2.14 bits per heavy atom. The minimum atomic E-state index is -2.48. The van der Waals surface area contributed by atoms with Crippen LogP contribution in [0.1, 0.15) is 103 Å². The fourth-order valence-corrected chi connectivity index (χ4v) is 5.36. The zero-order chi connectivity index (χ0) is 37.0. The summed E-state index contributed by atoms with van der Waals surface area (Å²) < 4.78 is 15.6. The van der Waals surface area contributed by atoms with E-state index in [1.807, 2.05) is 0 Å². The first-order valence-corrected chi connectivity index (χ1v) is 17.9. The molecule has 3 atom stereocenters. The van der Waals surface area contributed by atoms with Crippen LogP contribution in [0.2, 0.25) is 0 Å². The summed E-state index contributed by atoms with van der Waals surface area (Å²) in [4.78, 5) is 51.6. The predicted molar refractivity (Wildman–Crippen MR) is 194 cm³/mol. The number of carbonyl (C=O) groups is 4. The topological polar surface area (TPSA) is 160 Å². The Kier molecular flexibility index (Phi) is 24.0. The van der Waals surface area contributed by atoms with Crippen molar-refractivity contribution in [3.05, 3.63) is 42.0 Å². The third kappa shape index (κ3) is 18.3. The first-order valence-electron chi connectivity index (χ1n) is 17.9. The first-order chi connectivity index (χ1) is 24.1. The number of carboxylic acids is 1. The summed E-state index contributed by atoms with van der Waals surface area (Å²) in [6.45, 7) is 4.49. The molecule has 0 bridgehead atoms. The number of aliphatic hydroxyl groups is 1. The van der Waals surface area contributed by atoms with Crippen molar-refractivity contribution in [2.75, 3.05) is 40.6 Å². The predicted octanol–water partition coefficient (Wildman–Crippen LogP) is 5.17. The number of methoxy groups -OCH3 is 2. The van der Waals surface area contributed by atoms with Crippen LogP contribution in [0.5, 0.6) is 5.75 Å². The number of benzene rings is 1. The van der Waals surface area contributed by atoms with E-state index in [2.05, 4.69) is 29.4 Å². The van der Waals surface area contributed by atoms with Gasteiger partial charge in [0.15, 0.2) is 5.60 Å². The average molecular weight is 701 g/mol. The first kappa shape index (κ1) is 44.3. The smallest absolute Gasteiger partial charge is 0.336 e. The third-order valence-electron chi connectivity index (χ3n) is 8.41. The Labute approximate surface area is 298 Å². The highest BCUT2D eigenvalue weighted by Crippen LogP contribution is 2.26. The number of hydrogen-bond acceptors (Lipinski definition) is 8. The van der Waals surface area contributed by atoms with Crippen molar-refractivity contribution in [2.45, 2.75) is 115 Å². The van der Waals surface area contributed by atoms with E-state index < -0.39 is 35.3 Å². The average Bonchev–Trinajstić information content (AvgIpc) is 3.10. The van der Waals surface area contributed by atoms with Crippen LogP contribution < -0.4 is 15.4 Å². The largest absolute Gasteiger partial charge is 0.481 e. The highest BCUT2D eigenvalue weighted by atomic mass is 16.5. The van der Waals surface area contributed by atoms with Crippen molar-refractivity contribution in [3.63, 3.8) is 0 Å². The van der Waals surface area contributed by atoms with Crippen LogP contribution in [-0.4, -0.2) is 86.0 Å². The molecule has 1 aromatic rings. The molecule has 0 aliphatic rings. The van der Waals surface area contributed by atoms with Gasteiger partial charge in [0.25, 0.3) is 0 Å². The minimum absolute atomic E-state index is 0.0982. The van der Waals surface area contributed by atoms with Gasteiger partial charge in [-0.1, -0.05) is 75.7 Å². The van der Waals surface area contributed by atoms with Crippen LogP contribution in [0.15, 0.2) is 36.4 Å². The fourth-order valence-electron chi connectivity index (χ4n) is 5.36. The zero-order valence-corrected chi connectivity index (χ0v) is 30.6. The molecule has 2 amide bonds. The molecule has 0 heterocycles. The molecule has 0 aromatic heterocycles. The van der Waals surface area contributed by atoms with Gasteiger partial charge >= 0.3 is 5.97 Å². The van der Waals surface area contributed by atoms with Crippen molar-refractivity contribution in [3.8, 4) is 17.6 Å². The number of nitrogens with one attached hydrogen (secondary N) is 2. The number of carboxylic acid groups (broad SMARTS) is 1. The lowest BCUT2D eigenvalue weighted by Crippen LogP contribution is -2.56. The third-order valence-corrected chi connectivity index (χ3v) is 8.41. The molecule has 11 nitrogen and oxygen atoms in total. The van der Waals surface area contributed by atoms with Crippen LogP contribution in [0.4, 0.5) is 0 Å². The SMILES string of the molecule is CC#CCOc1ccc(C[C@H](NC(=O)[C@@H](C=CCCCCCCC(=O)CCCCCCC)[C@@](O)(CCOC)C(=O)O)C(=O)NCCOC)cc1. The van der Waals surface area contributed by atoms with E-state index in [1.165, 1.54) is 39.6 Å². The number of Topliss-reactive ketones (excluding diaryl/α,β-unsaturated/α-hetero) is 1. The van der Waals surface area contributed by atoms with Gasteiger partial charge in [-0.05, 0) is 50.3 Å². The molecule has 0 spiro atoms. The molecule has 11 heteroatoms. The molecule has 1 rings (SSSR count). The molecule has 0 unspecified atom stereocenters. The number of carbonyl (C=O) groups excluding carboxylic acids is 3. The van der Waals surface area contributed by atoms with Gasteiger partial charge in [0.1, 0.15) is 24.2 Å². The van der Waals surface area contributed by atoms with Crippen molar-refractivity contribution in [1.82, 2.24) is 10.6 Å². The molecule has 280 valence electrons. The van der Waals surface area contributed by atoms with E-state index in [0.29, 0.717) is 30.8 Å². The van der Waals surface area contributed by atoms with Crippen LogP contribution in [0.25, 0.3) is 0 Å². The Balaban J connectivity index is 2.98. The zero-order valence-electron chi connectivity index (χ0n) is 30.6. The number of ketones is 1. The maximum atomic E-state index is 13.8. The van der Waals surface area contributed by atoms with E-state index in [1.54, 1.807) is 37.3 Å². The summed E-state index contributed by atoms with van der Waals surface area (Å²) in [5.41, 5.74) is -1.76. The van der Waals surface area contributed by atoms with Gasteiger partial charge in [0, 0.05) is 53.1 Å². The Morgan fingerprint density at radius 2 is 1.54 bits per heavy atom. The summed E-state index contributed by atoms with van der Waals surface area (Å²) in [5.74, 6) is 2.12. The van der Waals surface area contributed by atoms with Crippen LogP contribution in [-0.2, 0) is 35.1 Å². The molecule has 0 radical (unpaired) electrons. The van der Waals surface area contributed by atoms with Gasteiger partial charge < -0.3 is 35.1 Å². The molecular formula is C39H60N2O9. The number of unbranched alkanes of at least 4 members (excludes halogenated alkanes) is 8. The van der Waals surface area contributed by atoms with Crippen LogP contribution in [0.3, 0.4) is 0 Å². The molecule has 0 aliphatic carbocycles. The monoisotopic (exact) mass is 700 g/mol. The van der Waals surface area contributed by atoms with Crippen molar-refractivity contribution >= 4 is 23.6 Å². The van der Waals surface area contributed by atoms with Gasteiger partial charge in [-0.15, -0.1) is 5.92 Å². The quantitative estimate of drug-likeness (QED) is 0.0502. The molecule has 0 saturated carbocycles. The highest BCUT2D eigenvalue weighted by Gasteiger charge is 2.47. The normalized spacial score (nSPS) is 13.5. The molecule has 4 N–H and O–H groups in total. The second kappa shape index (κ2) is 27.1. The second-order valence-electron chi connectivity index (χ2n) is 12.4. The number of amides is 2. The van der Waals surface area contributed by atoms with Gasteiger partial charge in [-0.2, -0.15) is 0 Å². The maximum absolute atomic E-state index is 13.8. The summed E-state index contributed by atoms with van der Waals surface area (Å²) in [5, 5.41) is 26.9. The van der Waals surface area contributed by atoms with Gasteiger partial charge in [-0.25, -0.2) is 4.79 Å². The van der Waals surface area contributed by atoms with Gasteiger partial charge in [-0.3, -0.25) is 14.4 Å². The van der Waals surface area contributed by atoms with E-state index in [0.717, 1.165) is 44.1 Å². The number of aliphatic carboxylic acids is 1. The minimum Gasteiger partial charge on any atom is -0.481 e. The van der Waals surface area contributed by atoms with Gasteiger partial charge in [0.05, 0.1) is 12.5 Å². The maximum Gasteiger partial charge on any atom is 0.336 e. The van der Waals surface area contributed by atoms with E-state index in [-0.39, 0.29) is 39.2 Å². The molecule has 50 heavy (non-hydrogen) atoms. The van der Waals surface area contributed by atoms with Crippen LogP contribution in [0, 0.1) is 17.8 Å². The standard InChI is InChI=1S/C39H60N2O9/c1-5-7-9-12-15-18-32(42)19-16-13-10-11-14-17-20-34(39(47,38(45)46)25-28-48-3)36(43)41-35(37(44)40-26-29-49-4)30-31-21-23-33(24-22-31)50-27-8-6-2/h17,20-24,34-35,47H,5,7,9-16,18-19,25-30H2,1-4H3,(H,40,44)(H,41,43)(H,45,46)/t34-,35+,39+/m1/s1. The molecule has 0 aliphatic heterocycles. The van der Waals surface area contributed by atoms with Crippen molar-refractivity contribution in [2.24, 2.45) is 5.92 Å². The second-order valence-corrected chi connectivity index (χ2v) is 12.4. The van der Waals surface area contributed by atoms with E-state index >= 15 is 0 Å². The highest BCUT2D eigenvalue weighted by molar-refractivity contribution is 5.93. The fraction of sp³-hybridized carbons (Fsp3) is 0.641. The lowest BCUT2D eigenvalue weighted by molar-refractivity contribution is -0.168. The lowest BCUT2D eigenvalue weighted by Gasteiger charge is -2.31. The molecule has 0 fully saturated rings. The van der Waals surface area contributed by atoms with E-state index in [9.17, 15) is 29.4 Å². The summed E-state index contributed by atoms with van der Waals surface area (Å²) in [6.07, 6.45) is 13.7. The summed E-state index contributed by atoms with van der Waals surface area (Å²) in [6, 6.07) is 5.93. The lowest BCUT2D eigenvalue weighted by atomic mass is 9.83. The molecule has 1 aromatic carbocycles. The number of rotatable bonds is 29. The summed E-state index contributed by atoms with van der Waals surface area (Å²) >= 11 is 0. The number of hydrogen-bond donors (Lipinski definition) is 4. The Morgan fingerprint density at radius 1 is 0.900 bits per heavy atom. The van der Waals surface area contributed by atoms with Crippen molar-refractivity contribution < 1.29 is 43.6 Å². The molecule has 0 saturated heterocycles. The molecular weight excluding hydrogens is 640 g/mol. The van der Waals surface area contributed by atoms with Gasteiger partial charge in [0.2, 0.25) is 11.8 Å². The summed E-state index contributed by atoms with van der Waals surface area (Å²) in [7, 11) is 2.88. The van der Waals surface area contributed by atoms with Crippen LogP contribution >= 0.6 is 0 Å². The Hall–Kier alpha value is -3.72. The van der Waals surface area contributed by atoms with E-state index in [4.69, 9.17) is 14.2 Å². The Bertz CT molecular complexity index is 1220. The van der Waals surface area contributed by atoms with Crippen molar-refractivity contribution in [1.29, 1.82) is 0 Å². The number of allylic oxidation sites excluding steroid dienone is 1.